The van der Waals surface area contributed by atoms with E-state index >= 15 is 0 Å². The molecule has 2 heteroatoms. The second kappa shape index (κ2) is 6.77. The van der Waals surface area contributed by atoms with Crippen molar-refractivity contribution in [2.24, 2.45) is 0 Å². The van der Waals surface area contributed by atoms with E-state index in [2.05, 4.69) is 36.5 Å². The molecule has 0 radical (unpaired) electrons. The zero-order chi connectivity index (χ0) is 11.9. The van der Waals surface area contributed by atoms with Crippen LogP contribution in [0, 0.1) is 0 Å². The van der Waals surface area contributed by atoms with Crippen molar-refractivity contribution in [2.45, 2.75) is 45.3 Å². The lowest BCUT2D eigenvalue weighted by atomic mass is 10.1. The summed E-state index contributed by atoms with van der Waals surface area (Å²) in [4.78, 5) is 0. The van der Waals surface area contributed by atoms with Crippen molar-refractivity contribution in [1.29, 1.82) is 0 Å². The van der Waals surface area contributed by atoms with Gasteiger partial charge in [0, 0.05) is 13.2 Å². The van der Waals surface area contributed by atoms with Crippen LogP contribution in [0.25, 0.3) is 0 Å². The largest absolute Gasteiger partial charge is 0.378 e. The summed E-state index contributed by atoms with van der Waals surface area (Å²) in [5, 5.41) is 3.52. The van der Waals surface area contributed by atoms with Gasteiger partial charge in [0.15, 0.2) is 0 Å². The molecule has 1 unspecified atom stereocenters. The lowest BCUT2D eigenvalue weighted by Crippen LogP contribution is -2.20. The van der Waals surface area contributed by atoms with E-state index in [4.69, 9.17) is 4.74 Å². The maximum Gasteiger partial charge on any atom is 0.0588 e. The summed E-state index contributed by atoms with van der Waals surface area (Å²) in [5.41, 5.74) is 2.89. The SMILES string of the molecule is CCc1ccccc1CNCCC1CCCO1. The molecule has 94 valence electrons. The zero-order valence-corrected chi connectivity index (χ0v) is 10.7. The first-order valence-electron chi connectivity index (χ1n) is 6.79. The highest BCUT2D eigenvalue weighted by atomic mass is 16.5. The molecule has 0 aromatic heterocycles. The van der Waals surface area contributed by atoms with Crippen LogP contribution in [0.5, 0.6) is 0 Å². The van der Waals surface area contributed by atoms with Crippen molar-refractivity contribution in [2.75, 3.05) is 13.2 Å². The number of ether oxygens (including phenoxy) is 1. The third kappa shape index (κ3) is 3.83. The maximum absolute atomic E-state index is 5.61. The van der Waals surface area contributed by atoms with Gasteiger partial charge in [-0.05, 0) is 43.4 Å². The molecule has 1 saturated heterocycles. The highest BCUT2D eigenvalue weighted by molar-refractivity contribution is 5.26. The summed E-state index contributed by atoms with van der Waals surface area (Å²) < 4.78 is 5.61. The Kier molecular flexibility index (Phi) is 5.02. The normalized spacial score (nSPS) is 19.7. The Bertz CT molecular complexity index is 331. The number of benzene rings is 1. The van der Waals surface area contributed by atoms with Gasteiger partial charge in [-0.25, -0.2) is 0 Å². The van der Waals surface area contributed by atoms with Crippen LogP contribution in [-0.2, 0) is 17.7 Å². The Hall–Kier alpha value is -0.860. The first-order chi connectivity index (χ1) is 8.40. The number of rotatable bonds is 6. The highest BCUT2D eigenvalue weighted by Crippen LogP contribution is 2.14. The fourth-order valence-electron chi connectivity index (χ4n) is 2.43. The second-order valence-corrected chi connectivity index (χ2v) is 4.72. The van der Waals surface area contributed by atoms with Crippen molar-refractivity contribution in [3.05, 3.63) is 35.4 Å². The Morgan fingerprint density at radius 2 is 2.12 bits per heavy atom. The number of nitrogens with one attached hydrogen (secondary N) is 1. The number of hydrogen-bond acceptors (Lipinski definition) is 2. The van der Waals surface area contributed by atoms with E-state index in [1.807, 2.05) is 0 Å². The zero-order valence-electron chi connectivity index (χ0n) is 10.7. The van der Waals surface area contributed by atoms with Crippen LogP contribution in [0.15, 0.2) is 24.3 Å². The molecule has 0 spiro atoms. The molecule has 1 N–H and O–H groups in total. The average molecular weight is 233 g/mol. The first-order valence-corrected chi connectivity index (χ1v) is 6.79. The van der Waals surface area contributed by atoms with Crippen LogP contribution in [0.3, 0.4) is 0 Å². The molecule has 1 aromatic rings. The Labute approximate surface area is 104 Å². The lowest BCUT2D eigenvalue weighted by molar-refractivity contribution is 0.104. The number of hydrogen-bond donors (Lipinski definition) is 1. The van der Waals surface area contributed by atoms with Gasteiger partial charge in [-0.15, -0.1) is 0 Å². The van der Waals surface area contributed by atoms with Gasteiger partial charge in [-0.3, -0.25) is 0 Å². The van der Waals surface area contributed by atoms with E-state index in [1.165, 1.54) is 24.0 Å². The molecule has 1 heterocycles. The molecule has 1 atom stereocenters. The van der Waals surface area contributed by atoms with E-state index in [0.29, 0.717) is 6.10 Å². The van der Waals surface area contributed by atoms with Crippen LogP contribution < -0.4 is 5.32 Å². The van der Waals surface area contributed by atoms with Gasteiger partial charge in [0.25, 0.3) is 0 Å². The van der Waals surface area contributed by atoms with Crippen molar-refractivity contribution in [3.8, 4) is 0 Å². The molecule has 1 aromatic carbocycles. The standard InChI is InChI=1S/C15H23NO/c1-2-13-6-3-4-7-14(13)12-16-10-9-15-8-5-11-17-15/h3-4,6-7,15-16H,2,5,8-12H2,1H3. The molecule has 0 amide bonds. The van der Waals surface area contributed by atoms with Crippen LogP contribution >= 0.6 is 0 Å². The molecule has 1 aliphatic heterocycles. The van der Waals surface area contributed by atoms with Gasteiger partial charge in [-0.1, -0.05) is 31.2 Å². The monoisotopic (exact) mass is 233 g/mol. The molecule has 2 nitrogen and oxygen atoms in total. The molecule has 17 heavy (non-hydrogen) atoms. The Morgan fingerprint density at radius 3 is 2.82 bits per heavy atom. The van der Waals surface area contributed by atoms with Gasteiger partial charge in [0.05, 0.1) is 6.10 Å². The van der Waals surface area contributed by atoms with Gasteiger partial charge >= 0.3 is 0 Å². The molecule has 1 aliphatic rings. The smallest absolute Gasteiger partial charge is 0.0588 e. The van der Waals surface area contributed by atoms with Gasteiger partial charge in [0.1, 0.15) is 0 Å². The van der Waals surface area contributed by atoms with Crippen LogP contribution in [-0.4, -0.2) is 19.3 Å². The third-order valence-electron chi connectivity index (χ3n) is 3.48. The highest BCUT2D eigenvalue weighted by Gasteiger charge is 2.14. The molecular weight excluding hydrogens is 210 g/mol. The van der Waals surface area contributed by atoms with Crippen molar-refractivity contribution in [3.63, 3.8) is 0 Å². The average Bonchev–Trinajstić information content (AvgIpc) is 2.88. The van der Waals surface area contributed by atoms with E-state index in [-0.39, 0.29) is 0 Å². The van der Waals surface area contributed by atoms with Crippen LogP contribution in [0.2, 0.25) is 0 Å². The van der Waals surface area contributed by atoms with Gasteiger partial charge in [0.2, 0.25) is 0 Å². The molecule has 0 aliphatic carbocycles. The van der Waals surface area contributed by atoms with Crippen molar-refractivity contribution >= 4 is 0 Å². The quantitative estimate of drug-likeness (QED) is 0.763. The predicted octanol–water partition coefficient (Wildman–Crippen LogP) is 2.91. The van der Waals surface area contributed by atoms with Gasteiger partial charge < -0.3 is 10.1 Å². The van der Waals surface area contributed by atoms with E-state index in [1.54, 1.807) is 0 Å². The van der Waals surface area contributed by atoms with Gasteiger partial charge in [-0.2, -0.15) is 0 Å². The molecular formula is C15H23NO. The minimum absolute atomic E-state index is 0.504. The van der Waals surface area contributed by atoms with Crippen molar-refractivity contribution < 1.29 is 4.74 Å². The van der Waals surface area contributed by atoms with Crippen molar-refractivity contribution in [1.82, 2.24) is 5.32 Å². The van der Waals surface area contributed by atoms with E-state index in [9.17, 15) is 0 Å². The Balaban J connectivity index is 1.70. The molecule has 1 fully saturated rings. The fourth-order valence-corrected chi connectivity index (χ4v) is 2.43. The third-order valence-corrected chi connectivity index (χ3v) is 3.48. The minimum atomic E-state index is 0.504. The van der Waals surface area contributed by atoms with E-state index in [0.717, 1.165) is 32.5 Å². The maximum atomic E-state index is 5.61. The molecule has 2 rings (SSSR count). The second-order valence-electron chi connectivity index (χ2n) is 4.72. The Morgan fingerprint density at radius 1 is 1.29 bits per heavy atom. The summed E-state index contributed by atoms with van der Waals surface area (Å²) in [6.07, 6.45) is 5.25. The summed E-state index contributed by atoms with van der Waals surface area (Å²) in [5.74, 6) is 0. The number of aryl methyl sites for hydroxylation is 1. The van der Waals surface area contributed by atoms with E-state index < -0.39 is 0 Å². The lowest BCUT2D eigenvalue weighted by Gasteiger charge is -2.11. The fraction of sp³-hybridized carbons (Fsp3) is 0.600. The summed E-state index contributed by atoms with van der Waals surface area (Å²) >= 11 is 0. The summed E-state index contributed by atoms with van der Waals surface area (Å²) in [6, 6.07) is 8.68. The minimum Gasteiger partial charge on any atom is -0.378 e. The van der Waals surface area contributed by atoms with Crippen LogP contribution in [0.4, 0.5) is 0 Å². The molecule has 0 saturated carbocycles. The topological polar surface area (TPSA) is 21.3 Å². The summed E-state index contributed by atoms with van der Waals surface area (Å²) in [6.45, 7) is 5.22. The molecule has 0 bridgehead atoms. The predicted molar refractivity (Wildman–Crippen MR) is 71.1 cm³/mol. The summed E-state index contributed by atoms with van der Waals surface area (Å²) in [7, 11) is 0. The van der Waals surface area contributed by atoms with Crippen LogP contribution in [0.1, 0.15) is 37.3 Å². The first kappa shape index (κ1) is 12.6.